The van der Waals surface area contributed by atoms with Gasteiger partial charge in [0.15, 0.2) is 0 Å². The van der Waals surface area contributed by atoms with E-state index >= 15 is 0 Å². The second kappa shape index (κ2) is 3.90. The van der Waals surface area contributed by atoms with Crippen LogP contribution in [0.5, 0.6) is 0 Å². The van der Waals surface area contributed by atoms with E-state index in [4.69, 9.17) is 4.84 Å². The molecule has 0 spiro atoms. The number of aromatic nitrogens is 2. The van der Waals surface area contributed by atoms with E-state index in [0.717, 1.165) is 11.3 Å². The smallest absolute Gasteiger partial charge is 0.114 e. The van der Waals surface area contributed by atoms with E-state index in [1.807, 2.05) is 20.9 Å². The summed E-state index contributed by atoms with van der Waals surface area (Å²) in [7, 11) is 1.90. The molecular weight excluding hydrogens is 154 g/mol. The third-order valence-corrected chi connectivity index (χ3v) is 1.67. The highest BCUT2D eigenvalue weighted by atomic mass is 16.6. The fourth-order valence-corrected chi connectivity index (χ4v) is 0.811. The van der Waals surface area contributed by atoms with Gasteiger partial charge < -0.3 is 4.84 Å². The molecular formula is C8H13N3O. The Bertz CT molecular complexity index is 278. The summed E-state index contributed by atoms with van der Waals surface area (Å²) in [6, 6.07) is 0. The van der Waals surface area contributed by atoms with Gasteiger partial charge >= 0.3 is 0 Å². The molecule has 66 valence electrons. The van der Waals surface area contributed by atoms with Crippen LogP contribution in [0.25, 0.3) is 0 Å². The molecule has 0 aliphatic heterocycles. The van der Waals surface area contributed by atoms with Gasteiger partial charge in [-0.25, -0.2) is 0 Å². The molecule has 0 aliphatic carbocycles. The van der Waals surface area contributed by atoms with E-state index in [2.05, 4.69) is 10.3 Å². The van der Waals surface area contributed by atoms with Crippen molar-refractivity contribution < 1.29 is 4.84 Å². The van der Waals surface area contributed by atoms with Crippen LogP contribution in [0.1, 0.15) is 18.2 Å². The molecule has 0 bridgehead atoms. The minimum absolute atomic E-state index is 0.593. The SMILES string of the molecule is CCO/N=C/c1cnn(C)c1C. The summed E-state index contributed by atoms with van der Waals surface area (Å²) < 4.78 is 1.80. The fourth-order valence-electron chi connectivity index (χ4n) is 0.811. The summed E-state index contributed by atoms with van der Waals surface area (Å²) in [4.78, 5) is 4.83. The van der Waals surface area contributed by atoms with Gasteiger partial charge in [-0.2, -0.15) is 5.10 Å². The van der Waals surface area contributed by atoms with Crippen LogP contribution in [0, 0.1) is 6.92 Å². The fraction of sp³-hybridized carbons (Fsp3) is 0.500. The number of aryl methyl sites for hydroxylation is 1. The first-order valence-electron chi connectivity index (χ1n) is 3.89. The van der Waals surface area contributed by atoms with Gasteiger partial charge in [-0.3, -0.25) is 4.68 Å². The Morgan fingerprint density at radius 2 is 2.50 bits per heavy atom. The minimum Gasteiger partial charge on any atom is -0.396 e. The summed E-state index contributed by atoms with van der Waals surface area (Å²) in [5.41, 5.74) is 2.07. The Morgan fingerprint density at radius 3 is 3.00 bits per heavy atom. The molecule has 0 radical (unpaired) electrons. The van der Waals surface area contributed by atoms with Gasteiger partial charge in [0.25, 0.3) is 0 Å². The highest BCUT2D eigenvalue weighted by molar-refractivity contribution is 5.80. The Balaban J connectivity index is 2.69. The van der Waals surface area contributed by atoms with Crippen LogP contribution in [0.15, 0.2) is 11.4 Å². The van der Waals surface area contributed by atoms with Crippen LogP contribution in [0.3, 0.4) is 0 Å². The lowest BCUT2D eigenvalue weighted by molar-refractivity contribution is 0.160. The topological polar surface area (TPSA) is 39.4 Å². The van der Waals surface area contributed by atoms with Gasteiger partial charge in [0.1, 0.15) is 6.61 Å². The van der Waals surface area contributed by atoms with Crippen molar-refractivity contribution in [1.82, 2.24) is 9.78 Å². The lowest BCUT2D eigenvalue weighted by Crippen LogP contribution is -1.93. The number of oxime groups is 1. The van der Waals surface area contributed by atoms with Crippen molar-refractivity contribution in [3.05, 3.63) is 17.5 Å². The summed E-state index contributed by atoms with van der Waals surface area (Å²) in [6.45, 7) is 4.48. The monoisotopic (exact) mass is 167 g/mol. The lowest BCUT2D eigenvalue weighted by Gasteiger charge is -1.93. The van der Waals surface area contributed by atoms with Crippen LogP contribution in [0.2, 0.25) is 0 Å². The van der Waals surface area contributed by atoms with Gasteiger partial charge in [-0.1, -0.05) is 5.16 Å². The van der Waals surface area contributed by atoms with Crippen molar-refractivity contribution in [3.8, 4) is 0 Å². The second-order valence-electron chi connectivity index (χ2n) is 2.46. The van der Waals surface area contributed by atoms with Crippen LogP contribution >= 0.6 is 0 Å². The summed E-state index contributed by atoms with van der Waals surface area (Å²) in [5, 5.41) is 7.82. The van der Waals surface area contributed by atoms with Crippen LogP contribution in [-0.2, 0) is 11.9 Å². The molecule has 0 unspecified atom stereocenters. The maximum absolute atomic E-state index is 4.83. The van der Waals surface area contributed by atoms with Gasteiger partial charge in [0.2, 0.25) is 0 Å². The molecule has 0 fully saturated rings. The predicted octanol–water partition coefficient (Wildman–Crippen LogP) is 1.10. The van der Waals surface area contributed by atoms with Crippen LogP contribution in [0.4, 0.5) is 0 Å². The zero-order valence-electron chi connectivity index (χ0n) is 7.61. The van der Waals surface area contributed by atoms with E-state index in [1.54, 1.807) is 17.1 Å². The van der Waals surface area contributed by atoms with Crippen LogP contribution < -0.4 is 0 Å². The zero-order chi connectivity index (χ0) is 8.97. The van der Waals surface area contributed by atoms with E-state index in [9.17, 15) is 0 Å². The molecule has 0 aromatic carbocycles. The number of rotatable bonds is 3. The van der Waals surface area contributed by atoms with Crippen molar-refractivity contribution in [2.24, 2.45) is 12.2 Å². The standard InChI is InChI=1S/C8H13N3O/c1-4-12-10-6-8-5-9-11(3)7(8)2/h5-6H,4H2,1-3H3/b10-6+. The Morgan fingerprint density at radius 1 is 1.75 bits per heavy atom. The number of hydrogen-bond donors (Lipinski definition) is 0. The van der Waals surface area contributed by atoms with E-state index < -0.39 is 0 Å². The summed E-state index contributed by atoms with van der Waals surface area (Å²) >= 11 is 0. The highest BCUT2D eigenvalue weighted by Gasteiger charge is 1.99. The maximum atomic E-state index is 4.83. The first-order chi connectivity index (χ1) is 5.75. The van der Waals surface area contributed by atoms with E-state index in [1.165, 1.54) is 0 Å². The van der Waals surface area contributed by atoms with Crippen molar-refractivity contribution in [3.63, 3.8) is 0 Å². The Kier molecular flexibility index (Phi) is 2.85. The number of nitrogens with zero attached hydrogens (tertiary/aromatic N) is 3. The first kappa shape index (κ1) is 8.77. The predicted molar refractivity (Wildman–Crippen MR) is 47.2 cm³/mol. The van der Waals surface area contributed by atoms with Gasteiger partial charge in [0.05, 0.1) is 12.4 Å². The molecule has 1 rings (SSSR count). The summed E-state index contributed by atoms with van der Waals surface area (Å²) in [6.07, 6.45) is 3.43. The molecule has 12 heavy (non-hydrogen) atoms. The van der Waals surface area contributed by atoms with Crippen molar-refractivity contribution in [2.45, 2.75) is 13.8 Å². The Labute approximate surface area is 71.8 Å². The lowest BCUT2D eigenvalue weighted by atomic mass is 10.3. The molecule has 0 N–H and O–H groups in total. The first-order valence-corrected chi connectivity index (χ1v) is 3.89. The normalized spacial score (nSPS) is 10.9. The largest absolute Gasteiger partial charge is 0.396 e. The quantitative estimate of drug-likeness (QED) is 0.499. The highest BCUT2D eigenvalue weighted by Crippen LogP contribution is 2.01. The zero-order valence-corrected chi connectivity index (χ0v) is 7.61. The van der Waals surface area contributed by atoms with Gasteiger partial charge in [-0.05, 0) is 13.8 Å². The van der Waals surface area contributed by atoms with Gasteiger partial charge in [0, 0.05) is 18.3 Å². The third kappa shape index (κ3) is 1.84. The van der Waals surface area contributed by atoms with E-state index in [-0.39, 0.29) is 0 Å². The third-order valence-electron chi connectivity index (χ3n) is 1.67. The van der Waals surface area contributed by atoms with Crippen LogP contribution in [-0.4, -0.2) is 22.6 Å². The minimum atomic E-state index is 0.593. The summed E-state index contributed by atoms with van der Waals surface area (Å²) in [5.74, 6) is 0. The molecule has 0 aliphatic rings. The average Bonchev–Trinajstić information content (AvgIpc) is 2.36. The van der Waals surface area contributed by atoms with E-state index in [0.29, 0.717) is 6.61 Å². The molecule has 1 aromatic heterocycles. The molecule has 4 heteroatoms. The molecule has 0 saturated heterocycles. The molecule has 0 atom stereocenters. The second-order valence-corrected chi connectivity index (χ2v) is 2.46. The molecule has 1 heterocycles. The molecule has 0 saturated carbocycles. The average molecular weight is 167 g/mol. The van der Waals surface area contributed by atoms with Crippen molar-refractivity contribution in [1.29, 1.82) is 0 Å². The van der Waals surface area contributed by atoms with Crippen molar-refractivity contribution >= 4 is 6.21 Å². The molecule has 1 aromatic rings. The van der Waals surface area contributed by atoms with Gasteiger partial charge in [-0.15, -0.1) is 0 Å². The number of hydrogen-bond acceptors (Lipinski definition) is 3. The molecule has 0 amide bonds. The Hall–Kier alpha value is -1.32. The maximum Gasteiger partial charge on any atom is 0.114 e. The molecule has 4 nitrogen and oxygen atoms in total. The van der Waals surface area contributed by atoms with Crippen molar-refractivity contribution in [2.75, 3.05) is 6.61 Å².